The van der Waals surface area contributed by atoms with E-state index in [1.807, 2.05) is 36.4 Å². The lowest BCUT2D eigenvalue weighted by atomic mass is 10.2. The van der Waals surface area contributed by atoms with Crippen LogP contribution < -0.4 is 11.2 Å². The van der Waals surface area contributed by atoms with Gasteiger partial charge in [0.2, 0.25) is 11.6 Å². The van der Waals surface area contributed by atoms with E-state index in [0.717, 1.165) is 4.90 Å². The molecule has 0 atom stereocenters. The second-order valence-electron chi connectivity index (χ2n) is 6.09. The van der Waals surface area contributed by atoms with Crippen LogP contribution in [0.25, 0.3) is 5.82 Å². The van der Waals surface area contributed by atoms with Crippen LogP contribution in [-0.4, -0.2) is 37.4 Å². The number of rotatable bonds is 7. The first-order valence-corrected chi connectivity index (χ1v) is 10.3. The van der Waals surface area contributed by atoms with Crippen molar-refractivity contribution >= 4 is 41.3 Å². The number of aromatic nitrogens is 5. The molecule has 10 nitrogen and oxygen atoms in total. The number of hydrazone groups is 1. The predicted octanol–water partition coefficient (Wildman–Crippen LogP) is 2.94. The molecule has 3 N–H and O–H groups in total. The highest BCUT2D eigenvalue weighted by Crippen LogP contribution is 2.25. The minimum Gasteiger partial charge on any atom is -0.378 e. The molecule has 2 heterocycles. The molecule has 4 rings (SSSR count). The summed E-state index contributed by atoms with van der Waals surface area (Å²) in [7, 11) is 0. The van der Waals surface area contributed by atoms with Gasteiger partial charge in [-0.25, -0.2) is 10.1 Å². The molecule has 0 bridgehead atoms. The van der Waals surface area contributed by atoms with E-state index in [4.69, 9.17) is 17.3 Å². The molecule has 156 valence electrons. The molecular weight excluding hydrogens is 440 g/mol. The largest absolute Gasteiger partial charge is 0.378 e. The van der Waals surface area contributed by atoms with Crippen LogP contribution in [0, 0.1) is 0 Å². The Bertz CT molecular complexity index is 1220. The van der Waals surface area contributed by atoms with Crippen molar-refractivity contribution in [1.29, 1.82) is 0 Å². The fourth-order valence-electron chi connectivity index (χ4n) is 2.58. The van der Waals surface area contributed by atoms with Crippen LogP contribution in [0.15, 0.2) is 69.2 Å². The first-order chi connectivity index (χ1) is 15.1. The summed E-state index contributed by atoms with van der Waals surface area (Å²) in [5, 5.41) is 19.8. The summed E-state index contributed by atoms with van der Waals surface area (Å²) in [4.78, 5) is 13.8. The van der Waals surface area contributed by atoms with E-state index in [-0.39, 0.29) is 17.3 Å². The predicted molar refractivity (Wildman–Crippen MR) is 116 cm³/mol. The van der Waals surface area contributed by atoms with Crippen molar-refractivity contribution in [2.24, 2.45) is 5.10 Å². The van der Waals surface area contributed by atoms with E-state index < -0.39 is 5.91 Å². The van der Waals surface area contributed by atoms with E-state index in [2.05, 4.69) is 35.8 Å². The van der Waals surface area contributed by atoms with Gasteiger partial charge in [-0.3, -0.25) is 4.79 Å². The molecule has 31 heavy (non-hydrogen) atoms. The summed E-state index contributed by atoms with van der Waals surface area (Å²) in [6.45, 7) is 0. The molecule has 4 aromatic rings. The number of carbonyl (C=O) groups excluding carboxylic acids is 1. The molecule has 0 aliphatic carbocycles. The first-order valence-electron chi connectivity index (χ1n) is 8.92. The summed E-state index contributed by atoms with van der Waals surface area (Å²) in [5.41, 5.74) is 9.43. The lowest BCUT2D eigenvalue weighted by Crippen LogP contribution is -2.20. The van der Waals surface area contributed by atoms with Crippen LogP contribution in [0.3, 0.4) is 0 Å². The third-order valence-corrected chi connectivity index (χ3v) is 5.44. The molecule has 0 aliphatic rings. The summed E-state index contributed by atoms with van der Waals surface area (Å²) in [5.74, 6) is -0.0112. The number of carbonyl (C=O) groups is 1. The number of nitrogens with one attached hydrogen (secondary N) is 1. The summed E-state index contributed by atoms with van der Waals surface area (Å²) < 4.78 is 5.98. The van der Waals surface area contributed by atoms with Gasteiger partial charge in [0.15, 0.2) is 5.69 Å². The van der Waals surface area contributed by atoms with Crippen molar-refractivity contribution in [3.8, 4) is 5.82 Å². The molecule has 1 amide bonds. The zero-order valence-corrected chi connectivity index (χ0v) is 17.4. The standard InChI is InChI=1S/C19H15ClN8O2S/c20-14-9-5-4-6-12(14)10-22-24-19(29)16-15(11-31-13-7-2-1-3-8-13)28(27-23-16)18-17(21)25-30-26-18/h1-10H,11H2,(H2,21,25)(H,24,29)/b22-10+. The Balaban J connectivity index is 1.58. The molecule has 0 fully saturated rings. The number of amides is 1. The summed E-state index contributed by atoms with van der Waals surface area (Å²) in [6, 6.07) is 16.8. The summed E-state index contributed by atoms with van der Waals surface area (Å²) in [6.07, 6.45) is 1.45. The molecule has 2 aromatic carbocycles. The van der Waals surface area contributed by atoms with Crippen molar-refractivity contribution in [2.45, 2.75) is 10.6 Å². The molecule has 0 aliphatic heterocycles. The maximum absolute atomic E-state index is 12.7. The van der Waals surface area contributed by atoms with Gasteiger partial charge >= 0.3 is 0 Å². The average molecular weight is 455 g/mol. The van der Waals surface area contributed by atoms with Gasteiger partial charge in [-0.15, -0.1) is 16.9 Å². The van der Waals surface area contributed by atoms with Crippen LogP contribution in [0.1, 0.15) is 21.7 Å². The monoisotopic (exact) mass is 454 g/mol. The number of nitrogens with two attached hydrogens (primary N) is 1. The second-order valence-corrected chi connectivity index (χ2v) is 7.55. The van der Waals surface area contributed by atoms with Crippen molar-refractivity contribution in [3.63, 3.8) is 0 Å². The molecule has 0 saturated heterocycles. The van der Waals surface area contributed by atoms with Crippen LogP contribution in [0.5, 0.6) is 0 Å². The number of benzene rings is 2. The Kier molecular flexibility index (Phi) is 6.24. The Labute approximate surface area is 185 Å². The number of nitrogens with zero attached hydrogens (tertiary/aromatic N) is 6. The van der Waals surface area contributed by atoms with Crippen molar-refractivity contribution < 1.29 is 9.42 Å². The summed E-state index contributed by atoms with van der Waals surface area (Å²) >= 11 is 7.58. The second kappa shape index (κ2) is 9.41. The van der Waals surface area contributed by atoms with Gasteiger partial charge in [0.05, 0.1) is 11.9 Å². The van der Waals surface area contributed by atoms with E-state index in [1.165, 1.54) is 22.7 Å². The first kappa shape index (κ1) is 20.6. The van der Waals surface area contributed by atoms with Gasteiger partial charge in [-0.1, -0.05) is 53.2 Å². The minimum atomic E-state index is -0.548. The SMILES string of the molecule is Nc1nonc1-n1nnc(C(=O)N/N=C/c2ccccc2Cl)c1CSc1ccccc1. The van der Waals surface area contributed by atoms with Gasteiger partial charge in [0, 0.05) is 21.2 Å². The lowest BCUT2D eigenvalue weighted by Gasteiger charge is -2.05. The van der Waals surface area contributed by atoms with Crippen molar-refractivity contribution in [3.05, 3.63) is 76.6 Å². The zero-order chi connectivity index (χ0) is 21.6. The average Bonchev–Trinajstić information content (AvgIpc) is 3.40. The van der Waals surface area contributed by atoms with Gasteiger partial charge in [-0.05, 0) is 28.5 Å². The molecule has 0 saturated carbocycles. The Hall–Kier alpha value is -3.70. The fourth-order valence-corrected chi connectivity index (χ4v) is 3.67. The highest BCUT2D eigenvalue weighted by Gasteiger charge is 2.24. The Morgan fingerprint density at radius 2 is 1.97 bits per heavy atom. The highest BCUT2D eigenvalue weighted by molar-refractivity contribution is 7.98. The Morgan fingerprint density at radius 1 is 1.19 bits per heavy atom. The van der Waals surface area contributed by atoms with Crippen LogP contribution in [0.2, 0.25) is 5.02 Å². The van der Waals surface area contributed by atoms with Crippen LogP contribution >= 0.6 is 23.4 Å². The Morgan fingerprint density at radius 3 is 2.71 bits per heavy atom. The van der Waals surface area contributed by atoms with E-state index >= 15 is 0 Å². The fraction of sp³-hybridized carbons (Fsp3) is 0.0526. The zero-order valence-electron chi connectivity index (χ0n) is 15.8. The minimum absolute atomic E-state index is 0.0274. The molecule has 2 aromatic heterocycles. The molecule has 0 unspecified atom stereocenters. The van der Waals surface area contributed by atoms with Crippen molar-refractivity contribution in [1.82, 2.24) is 30.7 Å². The third kappa shape index (κ3) is 4.73. The van der Waals surface area contributed by atoms with Gasteiger partial charge in [0.25, 0.3) is 5.91 Å². The van der Waals surface area contributed by atoms with E-state index in [1.54, 1.807) is 18.2 Å². The number of hydrogen-bond donors (Lipinski definition) is 2. The maximum atomic E-state index is 12.7. The number of nitrogen functional groups attached to an aromatic ring is 1. The topological polar surface area (TPSA) is 137 Å². The molecular formula is C19H15ClN8O2S. The molecule has 0 radical (unpaired) electrons. The number of hydrogen-bond acceptors (Lipinski definition) is 9. The molecule has 0 spiro atoms. The lowest BCUT2D eigenvalue weighted by molar-refractivity contribution is 0.0949. The van der Waals surface area contributed by atoms with Crippen molar-refractivity contribution in [2.75, 3.05) is 5.73 Å². The normalized spacial score (nSPS) is 11.1. The quantitative estimate of drug-likeness (QED) is 0.247. The van der Waals surface area contributed by atoms with Crippen LogP contribution in [0.4, 0.5) is 5.82 Å². The number of thioether (sulfide) groups is 1. The number of anilines is 1. The van der Waals surface area contributed by atoms with E-state index in [0.29, 0.717) is 22.0 Å². The third-order valence-electron chi connectivity index (χ3n) is 4.07. The van der Waals surface area contributed by atoms with Gasteiger partial charge < -0.3 is 5.73 Å². The van der Waals surface area contributed by atoms with Gasteiger partial charge in [-0.2, -0.15) is 9.78 Å². The van der Waals surface area contributed by atoms with E-state index in [9.17, 15) is 4.79 Å². The smallest absolute Gasteiger partial charge is 0.293 e. The maximum Gasteiger partial charge on any atom is 0.293 e. The van der Waals surface area contributed by atoms with Crippen LogP contribution in [-0.2, 0) is 5.75 Å². The van der Waals surface area contributed by atoms with Gasteiger partial charge in [0.1, 0.15) is 0 Å². The highest BCUT2D eigenvalue weighted by atomic mass is 35.5. The molecule has 12 heteroatoms. The number of halogens is 1.